The van der Waals surface area contributed by atoms with Gasteiger partial charge in [0.25, 0.3) is 0 Å². The second kappa shape index (κ2) is 12.1. The molecule has 2 nitrogen and oxygen atoms in total. The van der Waals surface area contributed by atoms with Gasteiger partial charge in [-0.05, 0) is 124 Å². The Bertz CT molecular complexity index is 3680. The molecule has 0 saturated carbocycles. The van der Waals surface area contributed by atoms with Gasteiger partial charge in [0.1, 0.15) is 11.2 Å². The van der Waals surface area contributed by atoms with E-state index in [0.29, 0.717) is 5.56 Å². The largest absolute Gasteiger partial charge is 0.455 e. The summed E-state index contributed by atoms with van der Waals surface area (Å²) in [6.07, 6.45) is 0. The van der Waals surface area contributed by atoms with Gasteiger partial charge < -0.3 is 4.42 Å². The number of furan rings is 1. The summed E-state index contributed by atoms with van der Waals surface area (Å²) >= 11 is 0. The minimum atomic E-state index is 0.667. The highest BCUT2D eigenvalue weighted by Gasteiger charge is 2.20. The van der Waals surface area contributed by atoms with Gasteiger partial charge in [-0.2, -0.15) is 5.26 Å². The fraction of sp³-hybridized carbons (Fsp3) is 0. The highest BCUT2D eigenvalue weighted by atomic mass is 16.3. The Balaban J connectivity index is 1.03. The van der Waals surface area contributed by atoms with Crippen LogP contribution in [0.15, 0.2) is 192 Å². The fourth-order valence-electron chi connectivity index (χ4n) is 9.31. The molecule has 0 fully saturated rings. The van der Waals surface area contributed by atoms with Crippen molar-refractivity contribution in [1.82, 2.24) is 0 Å². The molecule has 0 radical (unpaired) electrons. The maximum Gasteiger partial charge on any atom is 0.143 e. The highest BCUT2D eigenvalue weighted by Crippen LogP contribution is 2.46. The van der Waals surface area contributed by atoms with Gasteiger partial charge in [0.2, 0.25) is 0 Å². The number of hydrogen-bond acceptors (Lipinski definition) is 2. The van der Waals surface area contributed by atoms with Crippen LogP contribution in [0.1, 0.15) is 5.56 Å². The van der Waals surface area contributed by atoms with Crippen molar-refractivity contribution >= 4 is 86.6 Å². The van der Waals surface area contributed by atoms with E-state index < -0.39 is 0 Å². The van der Waals surface area contributed by atoms with Crippen molar-refractivity contribution < 1.29 is 4.42 Å². The summed E-state index contributed by atoms with van der Waals surface area (Å²) in [6.45, 7) is 0. The summed E-state index contributed by atoms with van der Waals surface area (Å²) < 4.78 is 6.96. The second-order valence-corrected chi connectivity index (χ2v) is 15.1. The summed E-state index contributed by atoms with van der Waals surface area (Å²) in [5.41, 5.74) is 9.42. The van der Waals surface area contributed by atoms with Gasteiger partial charge in [-0.1, -0.05) is 152 Å². The molecule has 0 N–H and O–H groups in total. The average molecular weight is 722 g/mol. The van der Waals surface area contributed by atoms with Crippen molar-refractivity contribution in [3.63, 3.8) is 0 Å². The van der Waals surface area contributed by atoms with E-state index in [-0.39, 0.29) is 0 Å². The Kier molecular flexibility index (Phi) is 6.73. The molecule has 1 heterocycles. The topological polar surface area (TPSA) is 36.9 Å². The van der Waals surface area contributed by atoms with E-state index in [1.807, 2.05) is 24.3 Å². The molecular formula is C55H31NO. The zero-order chi connectivity index (χ0) is 37.6. The molecule has 0 unspecified atom stereocenters. The van der Waals surface area contributed by atoms with E-state index in [2.05, 4.69) is 170 Å². The van der Waals surface area contributed by atoms with Crippen LogP contribution >= 0.6 is 0 Å². The summed E-state index contributed by atoms with van der Waals surface area (Å²) in [6, 6.07) is 69.7. The monoisotopic (exact) mass is 721 g/mol. The Morgan fingerprint density at radius 1 is 0.316 bits per heavy atom. The number of nitrogens with zero attached hydrogens (tertiary/aromatic N) is 1. The molecule has 0 amide bonds. The van der Waals surface area contributed by atoms with Gasteiger partial charge in [-0.15, -0.1) is 0 Å². The van der Waals surface area contributed by atoms with E-state index in [0.717, 1.165) is 44.2 Å². The van der Waals surface area contributed by atoms with Crippen molar-refractivity contribution in [2.75, 3.05) is 0 Å². The van der Waals surface area contributed by atoms with Gasteiger partial charge in [0, 0.05) is 21.5 Å². The first-order valence-electron chi connectivity index (χ1n) is 19.4. The lowest BCUT2D eigenvalue weighted by Gasteiger charge is -2.13. The van der Waals surface area contributed by atoms with Gasteiger partial charge in [0.05, 0.1) is 11.6 Å². The summed E-state index contributed by atoms with van der Waals surface area (Å²) in [7, 11) is 0. The third kappa shape index (κ3) is 4.76. The third-order valence-electron chi connectivity index (χ3n) is 12.0. The number of nitriles is 1. The molecule has 0 atom stereocenters. The molecule has 12 aromatic rings. The predicted octanol–water partition coefficient (Wildman–Crippen LogP) is 15.4. The van der Waals surface area contributed by atoms with Crippen molar-refractivity contribution in [3.05, 3.63) is 194 Å². The Labute approximate surface area is 328 Å². The molecule has 11 aromatic carbocycles. The van der Waals surface area contributed by atoms with Crippen LogP contribution in [0.25, 0.3) is 120 Å². The molecule has 262 valence electrons. The molecule has 0 aliphatic carbocycles. The van der Waals surface area contributed by atoms with Crippen molar-refractivity contribution in [3.8, 4) is 39.4 Å². The number of benzene rings is 11. The quantitative estimate of drug-likeness (QED) is 0.170. The lowest BCUT2D eigenvalue weighted by molar-refractivity contribution is 0.673. The summed E-state index contributed by atoms with van der Waals surface area (Å²) in [5.74, 6) is 0. The van der Waals surface area contributed by atoms with Crippen LogP contribution in [0.2, 0.25) is 0 Å². The molecule has 2 heteroatoms. The Morgan fingerprint density at radius 2 is 0.825 bits per heavy atom. The van der Waals surface area contributed by atoms with Crippen molar-refractivity contribution in [2.45, 2.75) is 0 Å². The van der Waals surface area contributed by atoms with Crippen LogP contribution in [-0.4, -0.2) is 0 Å². The molecule has 0 bridgehead atoms. The first kappa shape index (κ1) is 31.6. The van der Waals surface area contributed by atoms with E-state index in [9.17, 15) is 5.26 Å². The van der Waals surface area contributed by atoms with E-state index in [1.165, 1.54) is 75.8 Å². The predicted molar refractivity (Wildman–Crippen MR) is 240 cm³/mol. The number of hydrogen-bond donors (Lipinski definition) is 0. The zero-order valence-electron chi connectivity index (χ0n) is 30.8. The van der Waals surface area contributed by atoms with Crippen molar-refractivity contribution in [1.29, 1.82) is 5.26 Å². The van der Waals surface area contributed by atoms with Gasteiger partial charge >= 0.3 is 0 Å². The molecular weight excluding hydrogens is 691 g/mol. The van der Waals surface area contributed by atoms with Crippen molar-refractivity contribution in [2.24, 2.45) is 0 Å². The standard InChI is InChI=1S/C55H31NO/c56-32-33-16-18-34(19-17-33)38-9-7-10-39(28-38)35-20-22-36(23-21-35)40-25-26-45-48(29-40)42-12-3-4-13-43(42)49-30-51-52(31-50(45)49)57-55-47-15-6-5-14-44(47)46-27-24-37-8-1-2-11-41(37)53(46)54(51)55/h1-31H. The van der Waals surface area contributed by atoms with Crippen LogP contribution in [0.3, 0.4) is 0 Å². The van der Waals surface area contributed by atoms with Gasteiger partial charge in [-0.25, -0.2) is 0 Å². The maximum absolute atomic E-state index is 9.22. The molecule has 12 rings (SSSR count). The lowest BCUT2D eigenvalue weighted by Crippen LogP contribution is -1.86. The maximum atomic E-state index is 9.22. The van der Waals surface area contributed by atoms with E-state index >= 15 is 0 Å². The smallest absolute Gasteiger partial charge is 0.143 e. The summed E-state index contributed by atoms with van der Waals surface area (Å²) in [4.78, 5) is 0. The molecule has 0 aliphatic rings. The van der Waals surface area contributed by atoms with Crippen LogP contribution in [0.4, 0.5) is 0 Å². The normalized spacial score (nSPS) is 11.8. The molecule has 57 heavy (non-hydrogen) atoms. The van der Waals surface area contributed by atoms with E-state index in [4.69, 9.17) is 4.42 Å². The van der Waals surface area contributed by atoms with Crippen LogP contribution < -0.4 is 0 Å². The van der Waals surface area contributed by atoms with Crippen LogP contribution in [-0.2, 0) is 0 Å². The summed E-state index contributed by atoms with van der Waals surface area (Å²) in [5, 5.41) is 26.2. The number of fused-ring (bicyclic) bond motifs is 16. The van der Waals surface area contributed by atoms with Gasteiger partial charge in [0.15, 0.2) is 0 Å². The molecule has 0 spiro atoms. The minimum Gasteiger partial charge on any atom is -0.455 e. The van der Waals surface area contributed by atoms with Gasteiger partial charge in [-0.3, -0.25) is 0 Å². The first-order valence-corrected chi connectivity index (χ1v) is 19.4. The SMILES string of the molecule is N#Cc1ccc(-c2cccc(-c3ccc(-c4ccc5c(c4)c4ccccc4c4cc6c(cc54)oc4c5ccccc5c5ccc7ccccc7c5c64)cc3)c2)cc1. The molecule has 0 aliphatic heterocycles. The third-order valence-corrected chi connectivity index (χ3v) is 12.0. The van der Waals surface area contributed by atoms with E-state index in [1.54, 1.807) is 0 Å². The number of rotatable bonds is 3. The fourth-order valence-corrected chi connectivity index (χ4v) is 9.31. The first-order chi connectivity index (χ1) is 28.2. The highest BCUT2D eigenvalue weighted by molar-refractivity contribution is 6.37. The zero-order valence-corrected chi connectivity index (χ0v) is 30.8. The molecule has 1 aromatic heterocycles. The lowest BCUT2D eigenvalue weighted by atomic mass is 9.90. The average Bonchev–Trinajstić information content (AvgIpc) is 3.67. The Morgan fingerprint density at radius 3 is 1.51 bits per heavy atom. The molecule has 0 saturated heterocycles. The minimum absolute atomic E-state index is 0.667. The van der Waals surface area contributed by atoms with Crippen LogP contribution in [0.5, 0.6) is 0 Å². The Hall–Kier alpha value is -7.73. The second-order valence-electron chi connectivity index (χ2n) is 15.1. The van der Waals surface area contributed by atoms with Crippen LogP contribution in [0, 0.1) is 11.3 Å².